The first-order chi connectivity index (χ1) is 8.34. The number of imidazole rings is 1. The molecule has 0 bridgehead atoms. The van der Waals surface area contributed by atoms with Gasteiger partial charge >= 0.3 is 0 Å². The molecule has 2 aromatic heterocycles. The zero-order valence-electron chi connectivity index (χ0n) is 10.2. The van der Waals surface area contributed by atoms with Gasteiger partial charge in [-0.25, -0.2) is 4.98 Å². The molecule has 2 heterocycles. The van der Waals surface area contributed by atoms with Gasteiger partial charge in [-0.15, -0.1) is 0 Å². The van der Waals surface area contributed by atoms with E-state index in [4.69, 9.17) is 0 Å². The third kappa shape index (κ3) is 4.00. The predicted octanol–water partition coefficient (Wildman–Crippen LogP) is 1.80. The topological polar surface area (TPSA) is 34.0 Å². The molecule has 0 unspecified atom stereocenters. The van der Waals surface area contributed by atoms with E-state index in [-0.39, 0.29) is 0 Å². The van der Waals surface area contributed by atoms with Crippen LogP contribution in [0.4, 0.5) is 0 Å². The minimum atomic E-state index is 0.979. The second kappa shape index (κ2) is 6.15. The van der Waals surface area contributed by atoms with Gasteiger partial charge in [-0.3, -0.25) is 4.98 Å². The summed E-state index contributed by atoms with van der Waals surface area (Å²) in [6.45, 7) is 3.09. The molecule has 4 heteroatoms. The van der Waals surface area contributed by atoms with Crippen LogP contribution < -0.4 is 0 Å². The highest BCUT2D eigenvalue weighted by Gasteiger charge is 2.00. The molecular formula is C13H18N4. The van der Waals surface area contributed by atoms with E-state index >= 15 is 0 Å². The molecule has 0 atom stereocenters. The van der Waals surface area contributed by atoms with Gasteiger partial charge < -0.3 is 9.47 Å². The van der Waals surface area contributed by atoms with Crippen molar-refractivity contribution >= 4 is 0 Å². The quantitative estimate of drug-likeness (QED) is 0.759. The Labute approximate surface area is 102 Å². The van der Waals surface area contributed by atoms with Gasteiger partial charge in [0.15, 0.2) is 0 Å². The van der Waals surface area contributed by atoms with E-state index < -0.39 is 0 Å². The van der Waals surface area contributed by atoms with Gasteiger partial charge in [-0.05, 0) is 37.7 Å². The molecule has 0 aliphatic heterocycles. The molecule has 0 aliphatic rings. The van der Waals surface area contributed by atoms with Crippen LogP contribution in [0.1, 0.15) is 12.0 Å². The van der Waals surface area contributed by atoms with Crippen molar-refractivity contribution in [3.8, 4) is 0 Å². The Hall–Kier alpha value is -1.68. The van der Waals surface area contributed by atoms with Crippen LogP contribution in [0, 0.1) is 0 Å². The summed E-state index contributed by atoms with van der Waals surface area (Å²) < 4.78 is 2.11. The lowest BCUT2D eigenvalue weighted by Gasteiger charge is -2.16. The number of pyridine rings is 1. The van der Waals surface area contributed by atoms with Crippen LogP contribution in [-0.4, -0.2) is 33.0 Å². The van der Waals surface area contributed by atoms with Crippen LogP contribution >= 0.6 is 0 Å². The third-order valence-electron chi connectivity index (χ3n) is 2.72. The van der Waals surface area contributed by atoms with Crippen molar-refractivity contribution in [2.45, 2.75) is 19.5 Å². The van der Waals surface area contributed by atoms with E-state index in [0.29, 0.717) is 0 Å². The fraction of sp³-hybridized carbons (Fsp3) is 0.385. The van der Waals surface area contributed by atoms with Crippen molar-refractivity contribution in [3.05, 3.63) is 48.8 Å². The Bertz CT molecular complexity index is 410. The number of aryl methyl sites for hydroxylation is 1. The van der Waals surface area contributed by atoms with E-state index in [1.165, 1.54) is 5.56 Å². The van der Waals surface area contributed by atoms with Crippen LogP contribution in [0.25, 0.3) is 0 Å². The van der Waals surface area contributed by atoms with Crippen LogP contribution in [0.15, 0.2) is 43.2 Å². The molecule has 0 saturated carbocycles. The first-order valence-corrected chi connectivity index (χ1v) is 5.88. The van der Waals surface area contributed by atoms with Gasteiger partial charge in [0.2, 0.25) is 0 Å². The SMILES string of the molecule is CN(CCCn1ccnc1)Cc1ccncc1. The number of hydrogen-bond acceptors (Lipinski definition) is 3. The summed E-state index contributed by atoms with van der Waals surface area (Å²) in [5.41, 5.74) is 1.31. The van der Waals surface area contributed by atoms with E-state index in [0.717, 1.165) is 26.1 Å². The first-order valence-electron chi connectivity index (χ1n) is 5.88. The highest BCUT2D eigenvalue weighted by atomic mass is 15.1. The van der Waals surface area contributed by atoms with Gasteiger partial charge in [0.1, 0.15) is 0 Å². The Morgan fingerprint density at radius 2 is 2.00 bits per heavy atom. The molecule has 2 aromatic rings. The fourth-order valence-electron chi connectivity index (χ4n) is 1.82. The maximum Gasteiger partial charge on any atom is 0.0945 e. The van der Waals surface area contributed by atoms with Crippen LogP contribution in [0.5, 0.6) is 0 Å². The van der Waals surface area contributed by atoms with Crippen LogP contribution in [-0.2, 0) is 13.1 Å². The largest absolute Gasteiger partial charge is 0.337 e. The average molecular weight is 230 g/mol. The number of aromatic nitrogens is 3. The fourth-order valence-corrected chi connectivity index (χ4v) is 1.82. The van der Waals surface area contributed by atoms with Crippen molar-refractivity contribution in [2.75, 3.05) is 13.6 Å². The smallest absolute Gasteiger partial charge is 0.0945 e. The molecule has 0 saturated heterocycles. The van der Waals surface area contributed by atoms with Crippen molar-refractivity contribution in [1.82, 2.24) is 19.4 Å². The molecule has 0 radical (unpaired) electrons. The van der Waals surface area contributed by atoms with Gasteiger partial charge in [0.25, 0.3) is 0 Å². The summed E-state index contributed by atoms with van der Waals surface area (Å²) >= 11 is 0. The Morgan fingerprint density at radius 3 is 2.71 bits per heavy atom. The minimum absolute atomic E-state index is 0.979. The van der Waals surface area contributed by atoms with E-state index in [2.05, 4.69) is 38.6 Å². The summed E-state index contributed by atoms with van der Waals surface area (Å²) in [5, 5.41) is 0. The average Bonchev–Trinajstić information content (AvgIpc) is 2.83. The lowest BCUT2D eigenvalue weighted by atomic mass is 10.2. The van der Waals surface area contributed by atoms with Gasteiger partial charge in [-0.2, -0.15) is 0 Å². The molecule has 2 rings (SSSR count). The number of nitrogens with zero attached hydrogens (tertiary/aromatic N) is 4. The van der Waals surface area contributed by atoms with E-state index in [9.17, 15) is 0 Å². The normalized spacial score (nSPS) is 10.9. The summed E-state index contributed by atoms with van der Waals surface area (Å²) in [6.07, 6.45) is 10.5. The maximum absolute atomic E-state index is 4.03. The molecular weight excluding hydrogens is 212 g/mol. The summed E-state index contributed by atoms with van der Waals surface area (Å²) in [6, 6.07) is 4.12. The molecule has 4 nitrogen and oxygen atoms in total. The zero-order valence-corrected chi connectivity index (χ0v) is 10.2. The zero-order chi connectivity index (χ0) is 11.9. The number of hydrogen-bond donors (Lipinski definition) is 0. The Balaban J connectivity index is 1.69. The lowest BCUT2D eigenvalue weighted by Crippen LogP contribution is -2.20. The second-order valence-corrected chi connectivity index (χ2v) is 4.25. The first kappa shape index (κ1) is 11.8. The van der Waals surface area contributed by atoms with Gasteiger partial charge in [-0.1, -0.05) is 0 Å². The molecule has 17 heavy (non-hydrogen) atoms. The molecule has 0 spiro atoms. The summed E-state index contributed by atoms with van der Waals surface area (Å²) in [4.78, 5) is 10.4. The van der Waals surface area contributed by atoms with Crippen molar-refractivity contribution < 1.29 is 0 Å². The van der Waals surface area contributed by atoms with E-state index in [1.807, 2.05) is 31.1 Å². The minimum Gasteiger partial charge on any atom is -0.337 e. The van der Waals surface area contributed by atoms with Crippen molar-refractivity contribution in [3.63, 3.8) is 0 Å². The second-order valence-electron chi connectivity index (χ2n) is 4.25. The Kier molecular flexibility index (Phi) is 4.27. The Morgan fingerprint density at radius 1 is 1.18 bits per heavy atom. The van der Waals surface area contributed by atoms with Crippen LogP contribution in [0.2, 0.25) is 0 Å². The monoisotopic (exact) mass is 230 g/mol. The molecule has 0 amide bonds. The maximum atomic E-state index is 4.03. The van der Waals surface area contributed by atoms with Crippen molar-refractivity contribution in [1.29, 1.82) is 0 Å². The summed E-state index contributed by atoms with van der Waals surface area (Å²) in [7, 11) is 2.15. The van der Waals surface area contributed by atoms with Crippen molar-refractivity contribution in [2.24, 2.45) is 0 Å². The molecule has 90 valence electrons. The highest BCUT2D eigenvalue weighted by molar-refractivity contribution is 5.09. The van der Waals surface area contributed by atoms with Gasteiger partial charge in [0, 0.05) is 37.9 Å². The van der Waals surface area contributed by atoms with Crippen LogP contribution in [0.3, 0.4) is 0 Å². The lowest BCUT2D eigenvalue weighted by molar-refractivity contribution is 0.314. The molecule has 0 aromatic carbocycles. The molecule has 0 N–H and O–H groups in total. The number of rotatable bonds is 6. The highest BCUT2D eigenvalue weighted by Crippen LogP contribution is 2.02. The third-order valence-corrected chi connectivity index (χ3v) is 2.72. The van der Waals surface area contributed by atoms with E-state index in [1.54, 1.807) is 0 Å². The van der Waals surface area contributed by atoms with Gasteiger partial charge in [0.05, 0.1) is 6.33 Å². The molecule has 0 aliphatic carbocycles. The summed E-state index contributed by atoms with van der Waals surface area (Å²) in [5.74, 6) is 0. The standard InChI is InChI=1S/C13H18N4/c1-16(11-13-3-5-14-6-4-13)8-2-9-17-10-7-15-12-17/h3-7,10,12H,2,8-9,11H2,1H3. The predicted molar refractivity (Wildman–Crippen MR) is 67.4 cm³/mol. The molecule has 0 fully saturated rings.